The SMILES string of the molecule is CN1CCC(Nc2c(Cl)cccc2C(F)(F)F)C1=O. The van der Waals surface area contributed by atoms with Crippen molar-refractivity contribution in [3.8, 4) is 0 Å². The molecule has 1 aliphatic heterocycles. The van der Waals surface area contributed by atoms with E-state index in [1.165, 1.54) is 17.0 Å². The van der Waals surface area contributed by atoms with E-state index in [4.69, 9.17) is 11.6 Å². The molecule has 1 heterocycles. The molecular formula is C12H12ClF3N2O. The van der Waals surface area contributed by atoms with Crippen molar-refractivity contribution in [2.24, 2.45) is 0 Å². The van der Waals surface area contributed by atoms with Gasteiger partial charge in [-0.05, 0) is 18.6 Å². The molecule has 1 saturated heterocycles. The van der Waals surface area contributed by atoms with Gasteiger partial charge < -0.3 is 10.2 Å². The van der Waals surface area contributed by atoms with Crippen LogP contribution in [-0.2, 0) is 11.0 Å². The van der Waals surface area contributed by atoms with E-state index in [-0.39, 0.29) is 16.6 Å². The molecule has 0 radical (unpaired) electrons. The van der Waals surface area contributed by atoms with Crippen molar-refractivity contribution >= 4 is 23.2 Å². The Morgan fingerprint density at radius 2 is 2.11 bits per heavy atom. The summed E-state index contributed by atoms with van der Waals surface area (Å²) in [5, 5.41) is 2.58. The van der Waals surface area contributed by atoms with Gasteiger partial charge in [-0.15, -0.1) is 0 Å². The van der Waals surface area contributed by atoms with Gasteiger partial charge >= 0.3 is 6.18 Å². The van der Waals surface area contributed by atoms with Crippen molar-refractivity contribution in [2.45, 2.75) is 18.6 Å². The lowest BCUT2D eigenvalue weighted by molar-refractivity contribution is -0.137. The Morgan fingerprint density at radius 3 is 2.63 bits per heavy atom. The summed E-state index contributed by atoms with van der Waals surface area (Å²) in [6.45, 7) is 0.516. The molecule has 7 heteroatoms. The number of nitrogens with one attached hydrogen (secondary N) is 1. The maximum atomic E-state index is 12.9. The van der Waals surface area contributed by atoms with Gasteiger partial charge in [-0.25, -0.2) is 0 Å². The number of nitrogens with zero attached hydrogens (tertiary/aromatic N) is 1. The van der Waals surface area contributed by atoms with Crippen LogP contribution in [0.1, 0.15) is 12.0 Å². The topological polar surface area (TPSA) is 32.3 Å². The highest BCUT2D eigenvalue weighted by molar-refractivity contribution is 6.33. The standard InChI is InChI=1S/C12H12ClF3N2O/c1-18-6-5-9(11(18)19)17-10-7(12(14,15)16)3-2-4-8(10)13/h2-4,9,17H,5-6H2,1H3. The van der Waals surface area contributed by atoms with Gasteiger partial charge in [0.1, 0.15) is 6.04 Å². The van der Waals surface area contributed by atoms with Crippen molar-refractivity contribution in [2.75, 3.05) is 18.9 Å². The second-order valence-corrected chi connectivity index (χ2v) is 4.81. The smallest absolute Gasteiger partial charge is 0.372 e. The number of hydrogen-bond acceptors (Lipinski definition) is 2. The monoisotopic (exact) mass is 292 g/mol. The number of likely N-dealkylation sites (N-methyl/N-ethyl adjacent to an activating group) is 1. The number of likely N-dealkylation sites (tertiary alicyclic amines) is 1. The highest BCUT2D eigenvalue weighted by Crippen LogP contribution is 2.39. The first-order valence-corrected chi connectivity index (χ1v) is 6.05. The fraction of sp³-hybridized carbons (Fsp3) is 0.417. The van der Waals surface area contributed by atoms with Crippen LogP contribution in [0.15, 0.2) is 18.2 Å². The maximum absolute atomic E-state index is 12.9. The molecular weight excluding hydrogens is 281 g/mol. The first-order valence-electron chi connectivity index (χ1n) is 5.68. The van der Waals surface area contributed by atoms with Crippen molar-refractivity contribution < 1.29 is 18.0 Å². The van der Waals surface area contributed by atoms with E-state index in [2.05, 4.69) is 5.32 Å². The Kier molecular flexibility index (Phi) is 3.62. The number of amides is 1. The van der Waals surface area contributed by atoms with Crippen LogP contribution in [0.3, 0.4) is 0 Å². The van der Waals surface area contributed by atoms with E-state index in [0.717, 1.165) is 6.07 Å². The second-order valence-electron chi connectivity index (χ2n) is 4.41. The third kappa shape index (κ3) is 2.78. The summed E-state index contributed by atoms with van der Waals surface area (Å²) in [6.07, 6.45) is -4.06. The molecule has 0 spiro atoms. The molecule has 2 rings (SSSR count). The predicted octanol–water partition coefficient (Wildman–Crippen LogP) is 3.00. The summed E-state index contributed by atoms with van der Waals surface area (Å²) in [7, 11) is 1.61. The molecule has 1 unspecified atom stereocenters. The minimum Gasteiger partial charge on any atom is -0.372 e. The summed E-state index contributed by atoms with van der Waals surface area (Å²) in [6, 6.07) is 2.88. The van der Waals surface area contributed by atoms with Crippen LogP contribution >= 0.6 is 11.6 Å². The van der Waals surface area contributed by atoms with E-state index >= 15 is 0 Å². The number of carbonyl (C=O) groups is 1. The zero-order valence-electron chi connectivity index (χ0n) is 10.1. The summed E-state index contributed by atoms with van der Waals surface area (Å²) >= 11 is 5.81. The molecule has 0 aliphatic carbocycles. The Labute approximate surface area is 113 Å². The van der Waals surface area contributed by atoms with Crippen LogP contribution in [0.5, 0.6) is 0 Å². The normalized spacial score (nSPS) is 19.9. The third-order valence-corrected chi connectivity index (χ3v) is 3.38. The highest BCUT2D eigenvalue weighted by Gasteiger charge is 2.36. The molecule has 1 N–H and O–H groups in total. The van der Waals surface area contributed by atoms with E-state index < -0.39 is 17.8 Å². The zero-order chi connectivity index (χ0) is 14.2. The van der Waals surface area contributed by atoms with Crippen LogP contribution in [0, 0.1) is 0 Å². The van der Waals surface area contributed by atoms with E-state index in [1.54, 1.807) is 7.05 Å². The second kappa shape index (κ2) is 4.92. The Bertz CT molecular complexity index is 504. The number of halogens is 4. The van der Waals surface area contributed by atoms with Crippen LogP contribution in [0.25, 0.3) is 0 Å². The quantitative estimate of drug-likeness (QED) is 0.909. The molecule has 1 fully saturated rings. The largest absolute Gasteiger partial charge is 0.418 e. The van der Waals surface area contributed by atoms with Crippen LogP contribution in [0.4, 0.5) is 18.9 Å². The van der Waals surface area contributed by atoms with Crippen molar-refractivity contribution in [1.82, 2.24) is 4.90 Å². The number of benzene rings is 1. The third-order valence-electron chi connectivity index (χ3n) is 3.07. The summed E-state index contributed by atoms with van der Waals surface area (Å²) < 4.78 is 38.6. The lowest BCUT2D eigenvalue weighted by Crippen LogP contribution is -2.31. The van der Waals surface area contributed by atoms with Crippen molar-refractivity contribution in [3.05, 3.63) is 28.8 Å². The lowest BCUT2D eigenvalue weighted by Gasteiger charge is -2.19. The fourth-order valence-electron chi connectivity index (χ4n) is 2.04. The summed E-state index contributed by atoms with van der Waals surface area (Å²) in [5.74, 6) is -0.229. The van der Waals surface area contributed by atoms with Gasteiger partial charge in [0.2, 0.25) is 5.91 Å². The fourth-order valence-corrected chi connectivity index (χ4v) is 2.27. The Hall–Kier alpha value is -1.43. The van der Waals surface area contributed by atoms with Crippen LogP contribution in [-0.4, -0.2) is 30.4 Å². The van der Waals surface area contributed by atoms with E-state index in [9.17, 15) is 18.0 Å². The van der Waals surface area contributed by atoms with Gasteiger partial charge in [-0.2, -0.15) is 13.2 Å². The average molecular weight is 293 g/mol. The van der Waals surface area contributed by atoms with Gasteiger partial charge in [0, 0.05) is 13.6 Å². The zero-order valence-corrected chi connectivity index (χ0v) is 10.8. The van der Waals surface area contributed by atoms with Gasteiger partial charge in [0.25, 0.3) is 0 Å². The van der Waals surface area contributed by atoms with Crippen molar-refractivity contribution in [1.29, 1.82) is 0 Å². The number of rotatable bonds is 2. The van der Waals surface area contributed by atoms with E-state index in [1.807, 2.05) is 0 Å². The molecule has 0 saturated carbocycles. The molecule has 0 aromatic heterocycles. The van der Waals surface area contributed by atoms with Crippen molar-refractivity contribution in [3.63, 3.8) is 0 Å². The molecule has 1 aromatic carbocycles. The van der Waals surface area contributed by atoms with Gasteiger partial charge in [0.15, 0.2) is 0 Å². The van der Waals surface area contributed by atoms with Crippen LogP contribution < -0.4 is 5.32 Å². The molecule has 19 heavy (non-hydrogen) atoms. The first-order chi connectivity index (χ1) is 8.80. The van der Waals surface area contributed by atoms with Gasteiger partial charge in [-0.1, -0.05) is 17.7 Å². The molecule has 0 bridgehead atoms. The molecule has 1 aliphatic rings. The van der Waals surface area contributed by atoms with Crippen LogP contribution in [0.2, 0.25) is 5.02 Å². The summed E-state index contributed by atoms with van der Waals surface area (Å²) in [5.41, 5.74) is -1.09. The molecule has 104 valence electrons. The van der Waals surface area contributed by atoms with E-state index in [0.29, 0.717) is 13.0 Å². The number of para-hydroxylation sites is 1. The Morgan fingerprint density at radius 1 is 1.42 bits per heavy atom. The molecule has 3 nitrogen and oxygen atoms in total. The Balaban J connectivity index is 2.32. The maximum Gasteiger partial charge on any atom is 0.418 e. The minimum atomic E-state index is -4.51. The lowest BCUT2D eigenvalue weighted by atomic mass is 10.1. The summed E-state index contributed by atoms with van der Waals surface area (Å²) in [4.78, 5) is 13.2. The number of carbonyl (C=O) groups excluding carboxylic acids is 1. The van der Waals surface area contributed by atoms with Gasteiger partial charge in [0.05, 0.1) is 16.3 Å². The highest BCUT2D eigenvalue weighted by atomic mass is 35.5. The average Bonchev–Trinajstić information content (AvgIpc) is 2.62. The van der Waals surface area contributed by atoms with Gasteiger partial charge in [-0.3, -0.25) is 4.79 Å². The minimum absolute atomic E-state index is 0.0443. The molecule has 1 aromatic rings. The first kappa shape index (κ1) is 14.0. The number of alkyl halides is 3. The molecule has 1 atom stereocenters. The number of anilines is 1. The molecule has 1 amide bonds. The predicted molar refractivity (Wildman–Crippen MR) is 66.1 cm³/mol. The number of hydrogen-bond donors (Lipinski definition) is 1.